The average molecular weight is 476 g/mol. The van der Waals surface area contributed by atoms with E-state index in [-0.39, 0.29) is 113 Å². The summed E-state index contributed by atoms with van der Waals surface area (Å²) in [4.78, 5) is 0. The van der Waals surface area contributed by atoms with Crippen LogP contribution in [0.2, 0.25) is 0 Å². The van der Waals surface area contributed by atoms with E-state index in [0.29, 0.717) is 0 Å². The predicted octanol–water partition coefficient (Wildman–Crippen LogP) is -9.76. The van der Waals surface area contributed by atoms with Gasteiger partial charge in [-0.1, -0.05) is 0 Å². The van der Waals surface area contributed by atoms with Crippen molar-refractivity contribution in [3.63, 3.8) is 0 Å². The predicted molar refractivity (Wildman–Crippen MR) is 32.9 cm³/mol. The molecule has 0 aliphatic rings. The molecule has 0 aliphatic carbocycles. The van der Waals surface area contributed by atoms with Gasteiger partial charge in [0.1, 0.15) is 0 Å². The quantitative estimate of drug-likeness (QED) is 0.296. The molecule has 0 N–H and O–H groups in total. The molecular formula is Al2Ca3Mn2O12. The van der Waals surface area contributed by atoms with E-state index in [1.807, 2.05) is 0 Å². The van der Waals surface area contributed by atoms with E-state index in [4.69, 9.17) is 48.0 Å². The fourth-order valence-electron chi connectivity index (χ4n) is 0. The molecule has 0 amide bonds. The van der Waals surface area contributed by atoms with Gasteiger partial charge in [0.2, 0.25) is 0 Å². The SMILES string of the molecule is [Ca+2].[Ca+2].[Ca+2].[O]=[Al][O-].[O]=[Al][O-].[O]=[Mn](=[O])([O-])[O-].[O]=[Mn](=[O])([O-])[O-]. The third-order valence-corrected chi connectivity index (χ3v) is 0. The van der Waals surface area contributed by atoms with Crippen LogP contribution < -0.4 is 25.1 Å². The summed E-state index contributed by atoms with van der Waals surface area (Å²) in [6.45, 7) is 0. The second-order valence-corrected chi connectivity index (χ2v) is 3.69. The van der Waals surface area contributed by atoms with Crippen LogP contribution in [0.4, 0.5) is 0 Å². The average Bonchev–Trinajstić information content (AvgIpc) is 1.79. The van der Waals surface area contributed by atoms with Crippen molar-refractivity contribution >= 4 is 144 Å². The molecule has 0 saturated heterocycles. The normalized spacial score (nSPS) is 6.95. The molecule has 0 spiro atoms. The first kappa shape index (κ1) is 43.5. The van der Waals surface area contributed by atoms with Gasteiger partial charge in [-0.05, 0) is 0 Å². The minimum atomic E-state index is -5.62. The Kier molecular flexibility index (Phi) is 68.9. The Balaban J connectivity index is -0.0000000197. The second kappa shape index (κ2) is 30.1. The molecule has 0 radical (unpaired) electrons. The molecule has 0 aromatic heterocycles. The van der Waals surface area contributed by atoms with Crippen LogP contribution in [0, 0.1) is 0 Å². The molecule has 98 valence electrons. The van der Waals surface area contributed by atoms with Crippen LogP contribution in [0.3, 0.4) is 0 Å². The molecule has 0 fully saturated rings. The van der Waals surface area contributed by atoms with E-state index < -0.39 is 57.7 Å². The summed E-state index contributed by atoms with van der Waals surface area (Å²) in [5, 5.41) is 0. The second-order valence-electron chi connectivity index (χ2n) is 0.948. The van der Waals surface area contributed by atoms with Crippen LogP contribution in [-0.2, 0) is 49.7 Å². The summed E-state index contributed by atoms with van der Waals surface area (Å²) in [5.41, 5.74) is 0. The van der Waals surface area contributed by atoms with Crippen molar-refractivity contribution in [2.24, 2.45) is 0 Å². The monoisotopic (exact) mass is 476 g/mol. The van der Waals surface area contributed by atoms with Crippen molar-refractivity contribution in [2.45, 2.75) is 0 Å². The Hall–Kier alpha value is 4.12. The van der Waals surface area contributed by atoms with Crippen LogP contribution in [0.5, 0.6) is 0 Å². The fourth-order valence-corrected chi connectivity index (χ4v) is 0. The fraction of sp³-hybridized carbons (Fsp3) is 0. The first-order valence-corrected chi connectivity index (χ1v) is 7.92. The van der Waals surface area contributed by atoms with Crippen molar-refractivity contribution < 1.29 is 74.8 Å². The Bertz CT molecular complexity index is 293. The molecule has 19 heavy (non-hydrogen) atoms. The number of hydrogen-bond acceptors (Lipinski definition) is 12. The van der Waals surface area contributed by atoms with Crippen LogP contribution in [-0.4, -0.2) is 144 Å². The summed E-state index contributed by atoms with van der Waals surface area (Å²) in [7, 11) is 0. The van der Waals surface area contributed by atoms with Gasteiger partial charge in [-0.3, -0.25) is 0 Å². The van der Waals surface area contributed by atoms with E-state index in [2.05, 4.69) is 0 Å². The van der Waals surface area contributed by atoms with Gasteiger partial charge in [-0.15, -0.1) is 0 Å². The molecule has 0 aromatic rings. The third kappa shape index (κ3) is 527. The third-order valence-electron chi connectivity index (χ3n) is 0. The molecule has 12 nitrogen and oxygen atoms in total. The molecule has 0 atom stereocenters. The van der Waals surface area contributed by atoms with Gasteiger partial charge in [-0.25, -0.2) is 0 Å². The maximum atomic E-state index is 8.58. The van der Waals surface area contributed by atoms with E-state index in [1.54, 1.807) is 0 Å². The first-order chi connectivity index (χ1) is 6.83. The number of hydrogen-bond donors (Lipinski definition) is 0. The van der Waals surface area contributed by atoms with Crippen molar-refractivity contribution in [3.05, 3.63) is 0 Å². The van der Waals surface area contributed by atoms with Crippen molar-refractivity contribution in [1.29, 1.82) is 0 Å². The van der Waals surface area contributed by atoms with E-state index in [9.17, 15) is 0 Å². The standard InChI is InChI=1S/2Al.3Ca.2Mn.12O/q;;3*+2;;;;;;;;;6*-1. The first-order valence-electron chi connectivity index (χ1n) is 2.18. The van der Waals surface area contributed by atoms with Gasteiger partial charge in [0.15, 0.2) is 0 Å². The maximum absolute atomic E-state index is 8.58. The summed E-state index contributed by atoms with van der Waals surface area (Å²) in [6.07, 6.45) is 0. The zero-order valence-electron chi connectivity index (χ0n) is 8.93. The van der Waals surface area contributed by atoms with Gasteiger partial charge in [0.25, 0.3) is 0 Å². The van der Waals surface area contributed by atoms with Crippen molar-refractivity contribution in [3.8, 4) is 0 Å². The molecule has 0 aliphatic heterocycles. The molecule has 0 bridgehead atoms. The van der Waals surface area contributed by atoms with Gasteiger partial charge in [-0.2, -0.15) is 0 Å². The van der Waals surface area contributed by atoms with Crippen LogP contribution in [0.25, 0.3) is 0 Å². The van der Waals surface area contributed by atoms with Crippen LogP contribution in [0.15, 0.2) is 0 Å². The molecule has 0 heterocycles. The summed E-state index contributed by atoms with van der Waals surface area (Å²) >= 11 is -14.8. The van der Waals surface area contributed by atoms with E-state index in [1.165, 1.54) is 0 Å². The Morgan fingerprint density at radius 3 is 0.579 bits per heavy atom. The van der Waals surface area contributed by atoms with Gasteiger partial charge < -0.3 is 0 Å². The molecule has 0 unspecified atom stereocenters. The zero-order valence-corrected chi connectivity index (χ0v) is 20.2. The summed E-state index contributed by atoms with van der Waals surface area (Å²) in [6, 6.07) is 0. The summed E-state index contributed by atoms with van der Waals surface area (Å²) < 4.78 is 102. The van der Waals surface area contributed by atoms with Gasteiger partial charge >= 0.3 is 219 Å². The molecular weight excluding hydrogens is 476 g/mol. The number of rotatable bonds is 0. The molecule has 0 saturated carbocycles. The topological polar surface area (TPSA) is 241 Å². The Morgan fingerprint density at radius 1 is 0.579 bits per heavy atom. The molecule has 19 heteroatoms. The van der Waals surface area contributed by atoms with E-state index >= 15 is 0 Å². The summed E-state index contributed by atoms with van der Waals surface area (Å²) in [5.74, 6) is 0. The van der Waals surface area contributed by atoms with Crippen molar-refractivity contribution in [1.82, 2.24) is 0 Å². The molecule has 0 aromatic carbocycles. The van der Waals surface area contributed by atoms with E-state index in [0.717, 1.165) is 0 Å². The van der Waals surface area contributed by atoms with Crippen LogP contribution in [0.1, 0.15) is 0 Å². The van der Waals surface area contributed by atoms with Gasteiger partial charge in [0, 0.05) is 0 Å². The Labute approximate surface area is 214 Å². The van der Waals surface area contributed by atoms with Crippen molar-refractivity contribution in [2.75, 3.05) is 0 Å². The minimum absolute atomic E-state index is 0. The molecule has 0 rings (SSSR count). The van der Waals surface area contributed by atoms with Gasteiger partial charge in [0.05, 0.1) is 0 Å². The van der Waals surface area contributed by atoms with Crippen LogP contribution >= 0.6 is 0 Å². The Morgan fingerprint density at radius 2 is 0.579 bits per heavy atom. The zero-order chi connectivity index (χ0) is 14.4.